The van der Waals surface area contributed by atoms with E-state index in [2.05, 4.69) is 17.6 Å². The summed E-state index contributed by atoms with van der Waals surface area (Å²) in [6.45, 7) is 4.15. The average Bonchev–Trinajstić information content (AvgIpc) is 2.64. The van der Waals surface area contributed by atoms with Crippen molar-refractivity contribution in [3.8, 4) is 0 Å². The summed E-state index contributed by atoms with van der Waals surface area (Å²) < 4.78 is 0. The van der Waals surface area contributed by atoms with Gasteiger partial charge in [0.1, 0.15) is 0 Å². The number of rotatable bonds is 21. The molecular formula is C23H48N2O. The number of carbonyl (C=O) groups excluding carboxylic acids is 1. The van der Waals surface area contributed by atoms with Crippen molar-refractivity contribution in [3.05, 3.63) is 0 Å². The number of carbonyl (C=O) groups is 1. The van der Waals surface area contributed by atoms with E-state index in [1.165, 1.54) is 89.9 Å². The minimum atomic E-state index is 0.240. The Bertz CT molecular complexity index is 281. The minimum absolute atomic E-state index is 0.240. The van der Waals surface area contributed by atoms with E-state index in [9.17, 15) is 4.79 Å². The molecular weight excluding hydrogens is 320 g/mol. The molecule has 3 heteroatoms. The number of amides is 1. The maximum atomic E-state index is 11.7. The summed E-state index contributed by atoms with van der Waals surface area (Å²) in [6, 6.07) is 0. The van der Waals surface area contributed by atoms with Crippen LogP contribution in [0.2, 0.25) is 0 Å². The maximum absolute atomic E-state index is 11.7. The topological polar surface area (TPSA) is 41.1 Å². The molecule has 0 saturated heterocycles. The molecule has 1 amide bonds. The smallest absolute Gasteiger partial charge is 0.219 e. The predicted molar refractivity (Wildman–Crippen MR) is 116 cm³/mol. The predicted octanol–water partition coefficient (Wildman–Crippen LogP) is 6.36. The zero-order valence-electron chi connectivity index (χ0n) is 18.1. The first-order valence-electron chi connectivity index (χ1n) is 11.7. The lowest BCUT2D eigenvalue weighted by molar-refractivity contribution is -0.121. The number of nitrogens with one attached hydrogen (secondary N) is 2. The number of unbranched alkanes of at least 4 members (excludes halogenated alkanes) is 15. The molecule has 0 aromatic carbocycles. The molecule has 0 atom stereocenters. The van der Waals surface area contributed by atoms with Gasteiger partial charge in [0.05, 0.1) is 0 Å². The molecule has 3 nitrogen and oxygen atoms in total. The summed E-state index contributed by atoms with van der Waals surface area (Å²) in [5.41, 5.74) is 0. The highest BCUT2D eigenvalue weighted by molar-refractivity contribution is 5.75. The van der Waals surface area contributed by atoms with E-state index in [0.717, 1.165) is 32.4 Å². The highest BCUT2D eigenvalue weighted by Gasteiger charge is 2.00. The van der Waals surface area contributed by atoms with Gasteiger partial charge in [-0.15, -0.1) is 0 Å². The Balaban J connectivity index is 3.09. The van der Waals surface area contributed by atoms with Gasteiger partial charge in [-0.1, -0.05) is 96.8 Å². The first-order chi connectivity index (χ1) is 12.8. The normalized spacial score (nSPS) is 11.0. The van der Waals surface area contributed by atoms with Crippen LogP contribution in [0.15, 0.2) is 0 Å². The molecule has 0 bridgehead atoms. The monoisotopic (exact) mass is 368 g/mol. The Labute approximate surface area is 164 Å². The van der Waals surface area contributed by atoms with Crippen molar-refractivity contribution in [2.45, 2.75) is 122 Å². The second kappa shape index (κ2) is 22.5. The molecule has 0 fully saturated rings. The molecule has 0 spiro atoms. The van der Waals surface area contributed by atoms with E-state index in [0.29, 0.717) is 6.42 Å². The third kappa shape index (κ3) is 21.5. The van der Waals surface area contributed by atoms with Crippen LogP contribution in [0.1, 0.15) is 122 Å². The quantitative estimate of drug-likeness (QED) is 0.231. The van der Waals surface area contributed by atoms with Crippen molar-refractivity contribution in [1.82, 2.24) is 10.6 Å². The SMILES string of the molecule is CCCCCCCCCCCCCCCCCC(=O)NCCCCNC. The van der Waals surface area contributed by atoms with Crippen molar-refractivity contribution in [1.29, 1.82) is 0 Å². The maximum Gasteiger partial charge on any atom is 0.219 e. The van der Waals surface area contributed by atoms with Gasteiger partial charge in [-0.3, -0.25) is 4.79 Å². The molecule has 0 aromatic rings. The summed E-state index contributed by atoms with van der Waals surface area (Å²) in [6.07, 6.45) is 23.5. The number of hydrogen-bond acceptors (Lipinski definition) is 2. The van der Waals surface area contributed by atoms with Crippen LogP contribution in [0, 0.1) is 0 Å². The molecule has 2 N–H and O–H groups in total. The summed E-state index contributed by atoms with van der Waals surface area (Å²) in [5, 5.41) is 6.15. The lowest BCUT2D eigenvalue weighted by Crippen LogP contribution is -2.24. The average molecular weight is 369 g/mol. The fraction of sp³-hybridized carbons (Fsp3) is 0.957. The van der Waals surface area contributed by atoms with Crippen LogP contribution in [0.5, 0.6) is 0 Å². The van der Waals surface area contributed by atoms with Gasteiger partial charge in [0.15, 0.2) is 0 Å². The molecule has 0 unspecified atom stereocenters. The molecule has 26 heavy (non-hydrogen) atoms. The Kier molecular flexibility index (Phi) is 22.0. The second-order valence-corrected chi connectivity index (χ2v) is 7.86. The van der Waals surface area contributed by atoms with E-state index < -0.39 is 0 Å². The van der Waals surface area contributed by atoms with Crippen molar-refractivity contribution < 1.29 is 4.79 Å². The van der Waals surface area contributed by atoms with Gasteiger partial charge in [0, 0.05) is 13.0 Å². The van der Waals surface area contributed by atoms with Gasteiger partial charge in [0.25, 0.3) is 0 Å². The third-order valence-corrected chi connectivity index (χ3v) is 5.18. The van der Waals surface area contributed by atoms with E-state index in [1.807, 2.05) is 7.05 Å². The van der Waals surface area contributed by atoms with Gasteiger partial charge in [-0.25, -0.2) is 0 Å². The van der Waals surface area contributed by atoms with Crippen LogP contribution in [0.25, 0.3) is 0 Å². The van der Waals surface area contributed by atoms with Crippen LogP contribution in [-0.2, 0) is 4.79 Å². The van der Waals surface area contributed by atoms with Crippen LogP contribution >= 0.6 is 0 Å². The number of hydrogen-bond donors (Lipinski definition) is 2. The Morgan fingerprint density at radius 1 is 0.577 bits per heavy atom. The zero-order valence-corrected chi connectivity index (χ0v) is 18.1. The Morgan fingerprint density at radius 3 is 1.46 bits per heavy atom. The lowest BCUT2D eigenvalue weighted by atomic mass is 10.0. The summed E-state index contributed by atoms with van der Waals surface area (Å²) in [5.74, 6) is 0.240. The molecule has 0 aliphatic heterocycles. The van der Waals surface area contributed by atoms with Crippen LogP contribution in [0.4, 0.5) is 0 Å². The first-order valence-corrected chi connectivity index (χ1v) is 11.7. The molecule has 0 rings (SSSR count). The van der Waals surface area contributed by atoms with Gasteiger partial charge in [-0.2, -0.15) is 0 Å². The van der Waals surface area contributed by atoms with Crippen molar-refractivity contribution >= 4 is 5.91 Å². The van der Waals surface area contributed by atoms with Crippen LogP contribution < -0.4 is 10.6 Å². The highest BCUT2D eigenvalue weighted by atomic mass is 16.1. The van der Waals surface area contributed by atoms with Crippen LogP contribution in [-0.4, -0.2) is 26.0 Å². The van der Waals surface area contributed by atoms with Crippen molar-refractivity contribution in [3.63, 3.8) is 0 Å². The van der Waals surface area contributed by atoms with Gasteiger partial charge in [-0.05, 0) is 32.9 Å². The molecule has 0 saturated carbocycles. The largest absolute Gasteiger partial charge is 0.356 e. The molecule has 0 radical (unpaired) electrons. The third-order valence-electron chi connectivity index (χ3n) is 5.18. The van der Waals surface area contributed by atoms with E-state index in [-0.39, 0.29) is 5.91 Å². The molecule has 0 heterocycles. The second-order valence-electron chi connectivity index (χ2n) is 7.86. The zero-order chi connectivity index (χ0) is 19.1. The summed E-state index contributed by atoms with van der Waals surface area (Å²) in [4.78, 5) is 11.7. The van der Waals surface area contributed by atoms with E-state index >= 15 is 0 Å². The fourth-order valence-corrected chi connectivity index (χ4v) is 3.40. The molecule has 0 aliphatic rings. The van der Waals surface area contributed by atoms with Crippen molar-refractivity contribution in [2.75, 3.05) is 20.1 Å². The lowest BCUT2D eigenvalue weighted by Gasteiger charge is -2.05. The molecule has 0 aliphatic carbocycles. The first kappa shape index (κ1) is 25.4. The van der Waals surface area contributed by atoms with E-state index in [4.69, 9.17) is 0 Å². The standard InChI is InChI=1S/C23H48N2O/c1-3-4-5-6-7-8-9-10-11-12-13-14-15-16-17-20-23(26)25-22-19-18-21-24-2/h24H,3-22H2,1-2H3,(H,25,26). The van der Waals surface area contributed by atoms with Crippen LogP contribution in [0.3, 0.4) is 0 Å². The summed E-state index contributed by atoms with van der Waals surface area (Å²) >= 11 is 0. The molecule has 0 aromatic heterocycles. The fourth-order valence-electron chi connectivity index (χ4n) is 3.40. The van der Waals surface area contributed by atoms with Crippen molar-refractivity contribution in [2.24, 2.45) is 0 Å². The van der Waals surface area contributed by atoms with Gasteiger partial charge in [0.2, 0.25) is 5.91 Å². The minimum Gasteiger partial charge on any atom is -0.356 e. The Hall–Kier alpha value is -0.570. The highest BCUT2D eigenvalue weighted by Crippen LogP contribution is 2.13. The Morgan fingerprint density at radius 2 is 1.00 bits per heavy atom. The summed E-state index contributed by atoms with van der Waals surface area (Å²) in [7, 11) is 1.97. The van der Waals surface area contributed by atoms with Gasteiger partial charge < -0.3 is 10.6 Å². The van der Waals surface area contributed by atoms with Gasteiger partial charge >= 0.3 is 0 Å². The van der Waals surface area contributed by atoms with E-state index in [1.54, 1.807) is 0 Å². The molecule has 156 valence electrons.